The van der Waals surface area contributed by atoms with Crippen molar-refractivity contribution < 1.29 is 18.3 Å². The van der Waals surface area contributed by atoms with Gasteiger partial charge in [0.15, 0.2) is 9.84 Å². The van der Waals surface area contributed by atoms with Crippen molar-refractivity contribution in [3.8, 4) is 0 Å². The number of aromatic carboxylic acids is 1. The fraction of sp³-hybridized carbons (Fsp3) is 0.455. The molecule has 1 fully saturated rings. The van der Waals surface area contributed by atoms with Crippen molar-refractivity contribution in [1.29, 1.82) is 0 Å². The third kappa shape index (κ3) is 3.36. The molecule has 0 saturated carbocycles. The Morgan fingerprint density at radius 2 is 2.25 bits per heavy atom. The van der Waals surface area contributed by atoms with Crippen LogP contribution < -0.4 is 4.90 Å². The number of rotatable bonds is 3. The van der Waals surface area contributed by atoms with E-state index in [1.807, 2.05) is 0 Å². The van der Waals surface area contributed by atoms with Crippen LogP contribution in [0.5, 0.6) is 0 Å². The number of halogens is 1. The van der Waals surface area contributed by atoms with Gasteiger partial charge >= 0.3 is 5.97 Å². The molecule has 1 atom stereocenters. The van der Waals surface area contributed by atoms with Crippen LogP contribution in [0.25, 0.3) is 0 Å². The standard InChI is InChI=1S/C11H13ClN2O4S2/c1-20(17,18)10-6-19-3-2-14(10)9-5-7(11(15)16)4-8(12)13-9/h4-5,10H,2-3,6H2,1H3,(H,15,16). The third-order valence-electron chi connectivity index (χ3n) is 2.90. The molecule has 0 aromatic carbocycles. The largest absolute Gasteiger partial charge is 0.478 e. The lowest BCUT2D eigenvalue weighted by atomic mass is 10.2. The second-order valence-corrected chi connectivity index (χ2v) is 8.13. The lowest BCUT2D eigenvalue weighted by Gasteiger charge is -2.35. The van der Waals surface area contributed by atoms with Crippen LogP contribution in [0.4, 0.5) is 5.82 Å². The van der Waals surface area contributed by atoms with Crippen molar-refractivity contribution >= 4 is 45.0 Å². The van der Waals surface area contributed by atoms with Crippen LogP contribution in [-0.4, -0.2) is 54.2 Å². The van der Waals surface area contributed by atoms with E-state index in [1.165, 1.54) is 18.4 Å². The summed E-state index contributed by atoms with van der Waals surface area (Å²) < 4.78 is 23.7. The van der Waals surface area contributed by atoms with Gasteiger partial charge in [-0.25, -0.2) is 18.2 Å². The van der Waals surface area contributed by atoms with E-state index in [-0.39, 0.29) is 16.5 Å². The number of pyridine rings is 1. The molecule has 1 N–H and O–H groups in total. The van der Waals surface area contributed by atoms with Crippen molar-refractivity contribution in [2.75, 3.05) is 29.2 Å². The highest BCUT2D eigenvalue weighted by Gasteiger charge is 2.32. The monoisotopic (exact) mass is 336 g/mol. The minimum absolute atomic E-state index is 0.00882. The molecule has 0 radical (unpaired) electrons. The predicted molar refractivity (Wildman–Crippen MR) is 79.5 cm³/mol. The number of hydrogen-bond donors (Lipinski definition) is 1. The van der Waals surface area contributed by atoms with Crippen molar-refractivity contribution in [3.05, 3.63) is 22.8 Å². The van der Waals surface area contributed by atoms with Crippen LogP contribution in [0.15, 0.2) is 12.1 Å². The fourth-order valence-electron chi connectivity index (χ4n) is 1.95. The van der Waals surface area contributed by atoms with E-state index < -0.39 is 21.2 Å². The maximum absolute atomic E-state index is 11.8. The molecule has 0 aliphatic carbocycles. The summed E-state index contributed by atoms with van der Waals surface area (Å²) in [4.78, 5) is 16.7. The van der Waals surface area contributed by atoms with Gasteiger partial charge in [-0.1, -0.05) is 11.6 Å². The predicted octanol–water partition coefficient (Wildman–Crippen LogP) is 1.36. The number of sulfone groups is 1. The molecule has 1 aromatic heterocycles. The van der Waals surface area contributed by atoms with E-state index in [1.54, 1.807) is 16.7 Å². The Morgan fingerprint density at radius 3 is 2.85 bits per heavy atom. The zero-order valence-corrected chi connectivity index (χ0v) is 13.0. The minimum Gasteiger partial charge on any atom is -0.478 e. The lowest BCUT2D eigenvalue weighted by molar-refractivity contribution is 0.0696. The molecular weight excluding hydrogens is 324 g/mol. The third-order valence-corrected chi connectivity index (χ3v) is 5.74. The van der Waals surface area contributed by atoms with Gasteiger partial charge in [0.05, 0.1) is 5.56 Å². The SMILES string of the molecule is CS(=O)(=O)C1CSCCN1c1cc(C(=O)O)cc(Cl)n1. The number of nitrogens with zero attached hydrogens (tertiary/aromatic N) is 2. The minimum atomic E-state index is -3.29. The van der Waals surface area contributed by atoms with Gasteiger partial charge in [0.25, 0.3) is 0 Å². The van der Waals surface area contributed by atoms with E-state index in [2.05, 4.69) is 4.98 Å². The Kier molecular flexibility index (Phi) is 4.46. The molecule has 0 spiro atoms. The normalized spacial score (nSPS) is 19.9. The van der Waals surface area contributed by atoms with Gasteiger partial charge in [-0.3, -0.25) is 0 Å². The quantitative estimate of drug-likeness (QED) is 0.834. The number of aromatic nitrogens is 1. The second-order valence-electron chi connectivity index (χ2n) is 4.39. The van der Waals surface area contributed by atoms with Gasteiger partial charge in [-0.05, 0) is 12.1 Å². The average Bonchev–Trinajstić information content (AvgIpc) is 2.37. The fourth-order valence-corrected chi connectivity index (χ4v) is 4.98. The molecular formula is C11H13ClN2O4S2. The van der Waals surface area contributed by atoms with Gasteiger partial charge in [-0.2, -0.15) is 11.8 Å². The maximum Gasteiger partial charge on any atom is 0.335 e. The first-order valence-corrected chi connectivity index (χ1v) is 9.22. The lowest BCUT2D eigenvalue weighted by Crippen LogP contribution is -2.47. The Balaban J connectivity index is 2.45. The van der Waals surface area contributed by atoms with E-state index in [0.717, 1.165) is 5.75 Å². The summed E-state index contributed by atoms with van der Waals surface area (Å²) in [5.74, 6) is 0.335. The molecule has 2 heterocycles. The van der Waals surface area contributed by atoms with Crippen LogP contribution in [0.2, 0.25) is 5.15 Å². The summed E-state index contributed by atoms with van der Waals surface area (Å²) in [5.41, 5.74) is -0.00882. The molecule has 110 valence electrons. The topological polar surface area (TPSA) is 87.6 Å². The smallest absolute Gasteiger partial charge is 0.335 e. The summed E-state index contributed by atoms with van der Waals surface area (Å²) in [6.45, 7) is 0.481. The summed E-state index contributed by atoms with van der Waals surface area (Å²) in [7, 11) is -3.29. The summed E-state index contributed by atoms with van der Waals surface area (Å²) >= 11 is 7.36. The van der Waals surface area contributed by atoms with Crippen molar-refractivity contribution in [3.63, 3.8) is 0 Å². The van der Waals surface area contributed by atoms with Crippen LogP contribution in [0, 0.1) is 0 Å². The number of carboxylic acid groups (broad SMARTS) is 1. The van der Waals surface area contributed by atoms with E-state index in [4.69, 9.17) is 16.7 Å². The number of hydrogen-bond acceptors (Lipinski definition) is 6. The second kappa shape index (κ2) is 5.79. The van der Waals surface area contributed by atoms with E-state index >= 15 is 0 Å². The van der Waals surface area contributed by atoms with Gasteiger partial charge in [0, 0.05) is 24.3 Å². The summed E-state index contributed by atoms with van der Waals surface area (Å²) in [6.07, 6.45) is 1.17. The van der Waals surface area contributed by atoms with Gasteiger partial charge in [-0.15, -0.1) is 0 Å². The number of carbonyl (C=O) groups is 1. The van der Waals surface area contributed by atoms with E-state index in [0.29, 0.717) is 12.3 Å². The number of carboxylic acids is 1. The van der Waals surface area contributed by atoms with Gasteiger partial charge < -0.3 is 10.0 Å². The molecule has 6 nitrogen and oxygen atoms in total. The van der Waals surface area contributed by atoms with E-state index in [9.17, 15) is 13.2 Å². The zero-order valence-electron chi connectivity index (χ0n) is 10.6. The Labute approximate surface area is 126 Å². The van der Waals surface area contributed by atoms with Crippen LogP contribution in [0.1, 0.15) is 10.4 Å². The van der Waals surface area contributed by atoms with Crippen LogP contribution in [-0.2, 0) is 9.84 Å². The molecule has 1 aliphatic rings. The molecule has 9 heteroatoms. The average molecular weight is 337 g/mol. The van der Waals surface area contributed by atoms with Crippen LogP contribution in [0.3, 0.4) is 0 Å². The molecule has 1 aromatic rings. The molecule has 1 aliphatic heterocycles. The van der Waals surface area contributed by atoms with Crippen molar-refractivity contribution in [2.45, 2.75) is 5.37 Å². The maximum atomic E-state index is 11.8. The van der Waals surface area contributed by atoms with Crippen molar-refractivity contribution in [2.24, 2.45) is 0 Å². The molecule has 20 heavy (non-hydrogen) atoms. The first kappa shape index (κ1) is 15.4. The highest BCUT2D eigenvalue weighted by atomic mass is 35.5. The molecule has 0 bridgehead atoms. The van der Waals surface area contributed by atoms with Gasteiger partial charge in [0.1, 0.15) is 16.3 Å². The first-order valence-electron chi connectivity index (χ1n) is 5.73. The van der Waals surface area contributed by atoms with Crippen molar-refractivity contribution in [1.82, 2.24) is 4.98 Å². The zero-order chi connectivity index (χ0) is 14.9. The molecule has 2 rings (SSSR count). The van der Waals surface area contributed by atoms with Gasteiger partial charge in [0.2, 0.25) is 0 Å². The highest BCUT2D eigenvalue weighted by Crippen LogP contribution is 2.27. The summed E-state index contributed by atoms with van der Waals surface area (Å²) in [6, 6.07) is 2.59. The Morgan fingerprint density at radius 1 is 1.55 bits per heavy atom. The first-order chi connectivity index (χ1) is 9.29. The molecule has 0 amide bonds. The molecule has 1 unspecified atom stereocenters. The Hall–Kier alpha value is -0.990. The molecule has 1 saturated heterocycles. The Bertz CT molecular complexity index is 635. The van der Waals surface area contributed by atoms with Crippen LogP contribution >= 0.6 is 23.4 Å². The highest BCUT2D eigenvalue weighted by molar-refractivity contribution is 8.01. The summed E-state index contributed by atoms with van der Waals surface area (Å²) in [5, 5.41) is 8.35. The number of thioether (sulfide) groups is 1. The number of anilines is 1.